The summed E-state index contributed by atoms with van der Waals surface area (Å²) in [6.07, 6.45) is 2.13. The summed E-state index contributed by atoms with van der Waals surface area (Å²) < 4.78 is 5.28. The molecule has 0 saturated carbocycles. The molecule has 1 aliphatic heterocycles. The van der Waals surface area contributed by atoms with E-state index in [9.17, 15) is 14.9 Å². The standard InChI is InChI=1S/C13H15NO4/c15-13(11-2-1-7-18-9-11)8-10-3-5-12(6-4-10)14(16)17/h3-6,11H,1-2,7-9H2. The first-order valence-corrected chi connectivity index (χ1v) is 6.00. The first-order chi connectivity index (χ1) is 8.66. The van der Waals surface area contributed by atoms with Crippen LogP contribution in [-0.4, -0.2) is 23.9 Å². The highest BCUT2D eigenvalue weighted by molar-refractivity contribution is 5.83. The Morgan fingerprint density at radius 3 is 2.67 bits per heavy atom. The minimum absolute atomic E-state index is 0.0195. The van der Waals surface area contributed by atoms with Crippen molar-refractivity contribution in [3.05, 3.63) is 39.9 Å². The van der Waals surface area contributed by atoms with Gasteiger partial charge < -0.3 is 4.74 Å². The molecule has 2 rings (SSSR count). The van der Waals surface area contributed by atoms with E-state index in [4.69, 9.17) is 4.74 Å². The van der Waals surface area contributed by atoms with Gasteiger partial charge in [0.05, 0.1) is 11.5 Å². The molecule has 0 aliphatic carbocycles. The van der Waals surface area contributed by atoms with Crippen molar-refractivity contribution in [2.45, 2.75) is 19.3 Å². The van der Waals surface area contributed by atoms with Crippen molar-refractivity contribution in [1.82, 2.24) is 0 Å². The molecule has 1 aromatic rings. The molecule has 0 radical (unpaired) electrons. The normalized spacial score (nSPS) is 19.4. The summed E-state index contributed by atoms with van der Waals surface area (Å²) in [5.41, 5.74) is 0.864. The van der Waals surface area contributed by atoms with Crippen molar-refractivity contribution in [3.8, 4) is 0 Å². The van der Waals surface area contributed by atoms with E-state index in [-0.39, 0.29) is 17.4 Å². The number of benzene rings is 1. The minimum Gasteiger partial charge on any atom is -0.381 e. The third-order valence-electron chi connectivity index (χ3n) is 3.14. The SMILES string of the molecule is O=C(Cc1ccc([N+](=O)[O-])cc1)C1CCCOC1. The number of rotatable bonds is 4. The van der Waals surface area contributed by atoms with E-state index in [1.807, 2.05) is 0 Å². The number of ether oxygens (including phenoxy) is 1. The summed E-state index contributed by atoms with van der Waals surface area (Å²) in [7, 11) is 0. The van der Waals surface area contributed by atoms with Gasteiger partial charge in [-0.15, -0.1) is 0 Å². The topological polar surface area (TPSA) is 69.4 Å². The quantitative estimate of drug-likeness (QED) is 0.605. The summed E-state index contributed by atoms with van der Waals surface area (Å²) in [6, 6.07) is 6.14. The molecule has 0 amide bonds. The van der Waals surface area contributed by atoms with Gasteiger partial charge in [0.1, 0.15) is 5.78 Å². The number of ketones is 1. The first-order valence-electron chi connectivity index (χ1n) is 6.00. The van der Waals surface area contributed by atoms with Gasteiger partial charge in [-0.1, -0.05) is 12.1 Å². The number of nitrogens with zero attached hydrogens (tertiary/aromatic N) is 1. The lowest BCUT2D eigenvalue weighted by atomic mass is 9.93. The fourth-order valence-electron chi connectivity index (χ4n) is 2.08. The molecule has 5 nitrogen and oxygen atoms in total. The number of carbonyl (C=O) groups excluding carboxylic acids is 1. The zero-order valence-corrected chi connectivity index (χ0v) is 10.0. The van der Waals surface area contributed by atoms with E-state index < -0.39 is 4.92 Å². The highest BCUT2D eigenvalue weighted by Gasteiger charge is 2.21. The van der Waals surface area contributed by atoms with Gasteiger partial charge in [0.2, 0.25) is 0 Å². The van der Waals surface area contributed by atoms with Gasteiger partial charge in [0.25, 0.3) is 5.69 Å². The molecule has 18 heavy (non-hydrogen) atoms. The van der Waals surface area contributed by atoms with Crippen LogP contribution in [0.4, 0.5) is 5.69 Å². The van der Waals surface area contributed by atoms with Crippen LogP contribution in [0.1, 0.15) is 18.4 Å². The summed E-state index contributed by atoms with van der Waals surface area (Å²) in [4.78, 5) is 22.0. The lowest BCUT2D eigenvalue weighted by Crippen LogP contribution is -2.26. The van der Waals surface area contributed by atoms with Gasteiger partial charge in [-0.2, -0.15) is 0 Å². The predicted molar refractivity (Wildman–Crippen MR) is 65.4 cm³/mol. The molecule has 1 aromatic carbocycles. The Morgan fingerprint density at radius 1 is 1.39 bits per heavy atom. The second kappa shape index (κ2) is 5.73. The second-order valence-corrected chi connectivity index (χ2v) is 4.48. The monoisotopic (exact) mass is 249 g/mol. The molecule has 96 valence electrons. The number of hydrogen-bond acceptors (Lipinski definition) is 4. The number of carbonyl (C=O) groups is 1. The van der Waals surface area contributed by atoms with Crippen LogP contribution in [0.15, 0.2) is 24.3 Å². The zero-order chi connectivity index (χ0) is 13.0. The van der Waals surface area contributed by atoms with Crippen molar-refractivity contribution in [1.29, 1.82) is 0 Å². The molecule has 0 aromatic heterocycles. The highest BCUT2D eigenvalue weighted by atomic mass is 16.6. The van der Waals surface area contributed by atoms with Gasteiger partial charge in [-0.25, -0.2) is 0 Å². The van der Waals surface area contributed by atoms with E-state index in [0.717, 1.165) is 25.0 Å². The maximum absolute atomic E-state index is 12.0. The fraction of sp³-hybridized carbons (Fsp3) is 0.462. The number of nitro benzene ring substituents is 1. The molecule has 5 heteroatoms. The van der Waals surface area contributed by atoms with Gasteiger partial charge in [0.15, 0.2) is 0 Å². The van der Waals surface area contributed by atoms with Crippen molar-refractivity contribution < 1.29 is 14.5 Å². The molecule has 1 saturated heterocycles. The van der Waals surface area contributed by atoms with E-state index in [1.165, 1.54) is 12.1 Å². The molecule has 0 spiro atoms. The largest absolute Gasteiger partial charge is 0.381 e. The van der Waals surface area contributed by atoms with E-state index in [0.29, 0.717) is 13.0 Å². The van der Waals surface area contributed by atoms with Crippen LogP contribution >= 0.6 is 0 Å². The minimum atomic E-state index is -0.444. The van der Waals surface area contributed by atoms with Crippen LogP contribution in [0.2, 0.25) is 0 Å². The van der Waals surface area contributed by atoms with Gasteiger partial charge in [0, 0.05) is 31.1 Å². The Balaban J connectivity index is 1.96. The van der Waals surface area contributed by atoms with E-state index >= 15 is 0 Å². The maximum Gasteiger partial charge on any atom is 0.269 e. The van der Waals surface area contributed by atoms with Crippen molar-refractivity contribution >= 4 is 11.5 Å². The summed E-state index contributed by atoms with van der Waals surface area (Å²) >= 11 is 0. The van der Waals surface area contributed by atoms with Crippen LogP contribution in [0.25, 0.3) is 0 Å². The fourth-order valence-corrected chi connectivity index (χ4v) is 2.08. The Labute approximate surface area is 105 Å². The third kappa shape index (κ3) is 3.13. The number of non-ortho nitro benzene ring substituents is 1. The third-order valence-corrected chi connectivity index (χ3v) is 3.14. The molecule has 1 heterocycles. The second-order valence-electron chi connectivity index (χ2n) is 4.48. The van der Waals surface area contributed by atoms with Gasteiger partial charge in [-0.05, 0) is 18.4 Å². The highest BCUT2D eigenvalue weighted by Crippen LogP contribution is 2.18. The summed E-state index contributed by atoms with van der Waals surface area (Å²) in [5, 5.41) is 10.5. The van der Waals surface area contributed by atoms with Crippen LogP contribution in [0.3, 0.4) is 0 Å². The number of hydrogen-bond donors (Lipinski definition) is 0. The van der Waals surface area contributed by atoms with Crippen LogP contribution in [-0.2, 0) is 16.0 Å². The van der Waals surface area contributed by atoms with Crippen LogP contribution in [0, 0.1) is 16.0 Å². The molecule has 1 unspecified atom stereocenters. The Hall–Kier alpha value is -1.75. The Bertz CT molecular complexity index is 435. The van der Waals surface area contributed by atoms with Crippen molar-refractivity contribution in [2.75, 3.05) is 13.2 Å². The molecule has 0 N–H and O–H groups in total. The molecule has 1 atom stereocenters. The maximum atomic E-state index is 12.0. The average Bonchev–Trinajstić information content (AvgIpc) is 2.40. The van der Waals surface area contributed by atoms with Crippen LogP contribution < -0.4 is 0 Å². The lowest BCUT2D eigenvalue weighted by Gasteiger charge is -2.20. The molecule has 1 fully saturated rings. The zero-order valence-electron chi connectivity index (χ0n) is 10.0. The molecular formula is C13H15NO4. The molecule has 1 aliphatic rings. The molecule has 0 bridgehead atoms. The van der Waals surface area contributed by atoms with Gasteiger partial charge in [-0.3, -0.25) is 14.9 Å². The average molecular weight is 249 g/mol. The summed E-state index contributed by atoms with van der Waals surface area (Å²) in [6.45, 7) is 1.24. The first kappa shape index (κ1) is 12.7. The smallest absolute Gasteiger partial charge is 0.269 e. The lowest BCUT2D eigenvalue weighted by molar-refractivity contribution is -0.384. The Morgan fingerprint density at radius 2 is 2.11 bits per heavy atom. The van der Waals surface area contributed by atoms with E-state index in [2.05, 4.69) is 0 Å². The predicted octanol–water partition coefficient (Wildman–Crippen LogP) is 2.13. The van der Waals surface area contributed by atoms with Crippen molar-refractivity contribution in [2.24, 2.45) is 5.92 Å². The number of Topliss-reactive ketones (excluding diaryl/α,β-unsaturated/α-hetero) is 1. The summed E-state index contributed by atoms with van der Waals surface area (Å²) in [5.74, 6) is 0.137. The Kier molecular flexibility index (Phi) is 4.04. The van der Waals surface area contributed by atoms with Crippen molar-refractivity contribution in [3.63, 3.8) is 0 Å². The molecular weight excluding hydrogens is 234 g/mol. The van der Waals surface area contributed by atoms with Gasteiger partial charge >= 0.3 is 0 Å². The van der Waals surface area contributed by atoms with E-state index in [1.54, 1.807) is 12.1 Å². The number of nitro groups is 1. The van der Waals surface area contributed by atoms with Crippen LogP contribution in [0.5, 0.6) is 0 Å².